The van der Waals surface area contributed by atoms with Gasteiger partial charge in [-0.2, -0.15) is 0 Å². The summed E-state index contributed by atoms with van der Waals surface area (Å²) in [6.45, 7) is 8.64. The van der Waals surface area contributed by atoms with E-state index in [4.69, 9.17) is 0 Å². The molecule has 3 fully saturated rings. The SMILES string of the molecule is C[C@@H]1CNCC(CC2CC(C3CCNCC3)CCN2)C1. The summed E-state index contributed by atoms with van der Waals surface area (Å²) in [5, 5.41) is 10.9. The predicted molar refractivity (Wildman–Crippen MR) is 84.9 cm³/mol. The highest BCUT2D eigenvalue weighted by Gasteiger charge is 2.30. The van der Waals surface area contributed by atoms with E-state index < -0.39 is 0 Å². The van der Waals surface area contributed by atoms with Crippen molar-refractivity contribution in [2.45, 2.75) is 51.5 Å². The Hall–Kier alpha value is -0.120. The van der Waals surface area contributed by atoms with Gasteiger partial charge in [-0.05, 0) is 94.9 Å². The Balaban J connectivity index is 1.47. The molecular weight excluding hydrogens is 246 g/mol. The average Bonchev–Trinajstić information content (AvgIpc) is 2.48. The summed E-state index contributed by atoms with van der Waals surface area (Å²) in [4.78, 5) is 0. The summed E-state index contributed by atoms with van der Waals surface area (Å²) in [5.74, 6) is 3.78. The monoisotopic (exact) mass is 279 g/mol. The van der Waals surface area contributed by atoms with Crippen molar-refractivity contribution >= 4 is 0 Å². The Morgan fingerprint density at radius 3 is 2.45 bits per heavy atom. The van der Waals surface area contributed by atoms with E-state index in [0.29, 0.717) is 0 Å². The fraction of sp³-hybridized carbons (Fsp3) is 1.00. The van der Waals surface area contributed by atoms with Crippen LogP contribution in [0, 0.1) is 23.7 Å². The average molecular weight is 279 g/mol. The van der Waals surface area contributed by atoms with Gasteiger partial charge in [-0.1, -0.05) is 6.92 Å². The van der Waals surface area contributed by atoms with Crippen LogP contribution < -0.4 is 16.0 Å². The largest absolute Gasteiger partial charge is 0.317 e. The highest BCUT2D eigenvalue weighted by Crippen LogP contribution is 2.33. The van der Waals surface area contributed by atoms with Crippen LogP contribution >= 0.6 is 0 Å². The number of hydrogen-bond acceptors (Lipinski definition) is 3. The minimum atomic E-state index is 0.792. The van der Waals surface area contributed by atoms with E-state index in [1.165, 1.54) is 71.2 Å². The first-order valence-electron chi connectivity index (χ1n) is 8.96. The molecule has 3 heteroatoms. The summed E-state index contributed by atoms with van der Waals surface area (Å²) in [6, 6.07) is 0.792. The van der Waals surface area contributed by atoms with Crippen molar-refractivity contribution in [2.24, 2.45) is 23.7 Å². The maximum atomic E-state index is 3.81. The topological polar surface area (TPSA) is 36.1 Å². The molecule has 0 aromatic rings. The third-order valence-electron chi connectivity index (χ3n) is 5.87. The van der Waals surface area contributed by atoms with Crippen molar-refractivity contribution in [1.29, 1.82) is 0 Å². The van der Waals surface area contributed by atoms with Crippen LogP contribution in [0.25, 0.3) is 0 Å². The van der Waals surface area contributed by atoms with Crippen LogP contribution in [0.1, 0.15) is 45.4 Å². The first-order chi connectivity index (χ1) is 9.81. The minimum absolute atomic E-state index is 0.792. The van der Waals surface area contributed by atoms with Crippen molar-refractivity contribution in [3.8, 4) is 0 Å². The molecule has 3 heterocycles. The van der Waals surface area contributed by atoms with E-state index in [-0.39, 0.29) is 0 Å². The van der Waals surface area contributed by atoms with E-state index in [1.54, 1.807) is 0 Å². The molecule has 0 bridgehead atoms. The summed E-state index contributed by atoms with van der Waals surface area (Å²) in [7, 11) is 0. The second-order valence-corrected chi connectivity index (χ2v) is 7.62. The molecule has 3 N–H and O–H groups in total. The van der Waals surface area contributed by atoms with Gasteiger partial charge in [0.1, 0.15) is 0 Å². The molecule has 3 unspecified atom stereocenters. The molecule has 0 saturated carbocycles. The van der Waals surface area contributed by atoms with E-state index >= 15 is 0 Å². The summed E-state index contributed by atoms with van der Waals surface area (Å²) < 4.78 is 0. The molecule has 0 aromatic carbocycles. The van der Waals surface area contributed by atoms with Gasteiger partial charge < -0.3 is 16.0 Å². The Kier molecular flexibility index (Phi) is 5.36. The molecular formula is C17H33N3. The van der Waals surface area contributed by atoms with E-state index in [1.807, 2.05) is 0 Å². The summed E-state index contributed by atoms with van der Waals surface area (Å²) in [6.07, 6.45) is 8.52. The van der Waals surface area contributed by atoms with Crippen LogP contribution in [0.5, 0.6) is 0 Å². The van der Waals surface area contributed by atoms with Gasteiger partial charge in [-0.3, -0.25) is 0 Å². The maximum Gasteiger partial charge on any atom is 0.00729 e. The lowest BCUT2D eigenvalue weighted by Crippen LogP contribution is -2.45. The molecule has 3 nitrogen and oxygen atoms in total. The number of piperidine rings is 3. The van der Waals surface area contributed by atoms with Crippen molar-refractivity contribution in [3.05, 3.63) is 0 Å². The maximum absolute atomic E-state index is 3.81. The van der Waals surface area contributed by atoms with E-state index in [2.05, 4.69) is 22.9 Å². The molecule has 3 saturated heterocycles. The Morgan fingerprint density at radius 1 is 0.850 bits per heavy atom. The van der Waals surface area contributed by atoms with Crippen molar-refractivity contribution in [2.75, 3.05) is 32.7 Å². The Bertz CT molecular complexity index is 288. The van der Waals surface area contributed by atoms with Crippen molar-refractivity contribution in [3.63, 3.8) is 0 Å². The van der Waals surface area contributed by atoms with Gasteiger partial charge >= 0.3 is 0 Å². The molecule has 0 aromatic heterocycles. The first kappa shape index (κ1) is 14.8. The van der Waals surface area contributed by atoms with Crippen LogP contribution in [0.4, 0.5) is 0 Å². The molecule has 116 valence electrons. The molecule has 4 atom stereocenters. The van der Waals surface area contributed by atoms with Gasteiger partial charge in [-0.15, -0.1) is 0 Å². The van der Waals surface area contributed by atoms with Crippen molar-refractivity contribution in [1.82, 2.24) is 16.0 Å². The minimum Gasteiger partial charge on any atom is -0.317 e. The fourth-order valence-corrected chi connectivity index (χ4v) is 4.81. The molecule has 0 radical (unpaired) electrons. The summed E-state index contributed by atoms with van der Waals surface area (Å²) in [5.41, 5.74) is 0. The first-order valence-corrected chi connectivity index (χ1v) is 8.96. The normalized spacial score (nSPS) is 40.6. The third-order valence-corrected chi connectivity index (χ3v) is 5.87. The van der Waals surface area contributed by atoms with Gasteiger partial charge in [0.15, 0.2) is 0 Å². The van der Waals surface area contributed by atoms with Gasteiger partial charge in [0.25, 0.3) is 0 Å². The Morgan fingerprint density at radius 2 is 1.65 bits per heavy atom. The van der Waals surface area contributed by atoms with E-state index in [0.717, 1.165) is 29.7 Å². The molecule has 0 aliphatic carbocycles. The van der Waals surface area contributed by atoms with Crippen LogP contribution in [0.2, 0.25) is 0 Å². The van der Waals surface area contributed by atoms with Gasteiger partial charge in [0.05, 0.1) is 0 Å². The lowest BCUT2D eigenvalue weighted by Gasteiger charge is -2.39. The molecule has 3 aliphatic heterocycles. The molecule has 3 aliphatic rings. The van der Waals surface area contributed by atoms with Crippen LogP contribution in [-0.4, -0.2) is 38.8 Å². The number of nitrogens with one attached hydrogen (secondary N) is 3. The van der Waals surface area contributed by atoms with E-state index in [9.17, 15) is 0 Å². The van der Waals surface area contributed by atoms with Gasteiger partial charge in [0.2, 0.25) is 0 Å². The molecule has 20 heavy (non-hydrogen) atoms. The van der Waals surface area contributed by atoms with Crippen LogP contribution in [0.3, 0.4) is 0 Å². The second kappa shape index (κ2) is 7.24. The quantitative estimate of drug-likeness (QED) is 0.739. The molecule has 3 rings (SSSR count). The standard InChI is InChI=1S/C17H33N3/c1-13-8-14(12-19-11-13)9-17-10-16(4-7-20-17)15-2-5-18-6-3-15/h13-20H,2-12H2,1H3/t13-,14?,16?,17?/m0/s1. The number of rotatable bonds is 3. The predicted octanol–water partition coefficient (Wildman–Crippen LogP) is 1.99. The fourth-order valence-electron chi connectivity index (χ4n) is 4.81. The molecule has 0 amide bonds. The summed E-state index contributed by atoms with van der Waals surface area (Å²) >= 11 is 0. The van der Waals surface area contributed by atoms with Crippen LogP contribution in [0.15, 0.2) is 0 Å². The second-order valence-electron chi connectivity index (χ2n) is 7.62. The van der Waals surface area contributed by atoms with Gasteiger partial charge in [-0.25, -0.2) is 0 Å². The molecule has 0 spiro atoms. The van der Waals surface area contributed by atoms with Crippen LogP contribution in [-0.2, 0) is 0 Å². The zero-order valence-electron chi connectivity index (χ0n) is 13.2. The third kappa shape index (κ3) is 3.96. The lowest BCUT2D eigenvalue weighted by atomic mass is 9.75. The lowest BCUT2D eigenvalue weighted by molar-refractivity contribution is 0.162. The highest BCUT2D eigenvalue weighted by molar-refractivity contribution is 4.87. The highest BCUT2D eigenvalue weighted by atomic mass is 14.9. The zero-order chi connectivity index (χ0) is 13.8. The van der Waals surface area contributed by atoms with Crippen molar-refractivity contribution < 1.29 is 0 Å². The smallest absolute Gasteiger partial charge is 0.00729 e. The zero-order valence-corrected chi connectivity index (χ0v) is 13.2. The number of hydrogen-bond donors (Lipinski definition) is 3. The Labute approximate surface area is 124 Å². The van der Waals surface area contributed by atoms with Gasteiger partial charge in [0, 0.05) is 6.04 Å².